The Kier molecular flexibility index (Phi) is 7.72. The minimum Gasteiger partial charge on any atom is -0.497 e. The summed E-state index contributed by atoms with van der Waals surface area (Å²) in [7, 11) is -2.47. The summed E-state index contributed by atoms with van der Waals surface area (Å²) in [6, 6.07) is 22.0. The number of amides is 1. The van der Waals surface area contributed by atoms with Crippen molar-refractivity contribution in [2.24, 2.45) is 0 Å². The van der Waals surface area contributed by atoms with Gasteiger partial charge in [-0.2, -0.15) is 0 Å². The highest BCUT2D eigenvalue weighted by atomic mass is 32.2. The molecule has 3 aromatic carbocycles. The Morgan fingerprint density at radius 1 is 0.938 bits per heavy atom. The minimum atomic E-state index is -3.97. The number of sulfonamides is 1. The molecule has 0 heterocycles. The third kappa shape index (κ3) is 5.79. The van der Waals surface area contributed by atoms with E-state index in [1.165, 1.54) is 19.2 Å². The summed E-state index contributed by atoms with van der Waals surface area (Å²) in [6.45, 7) is 2.38. The van der Waals surface area contributed by atoms with Crippen LogP contribution in [0.3, 0.4) is 0 Å². The van der Waals surface area contributed by atoms with Crippen molar-refractivity contribution in [3.63, 3.8) is 0 Å². The third-order valence-corrected chi connectivity index (χ3v) is 6.47. The quantitative estimate of drug-likeness (QED) is 0.506. The Hall–Kier alpha value is -3.52. The first-order valence-electron chi connectivity index (χ1n) is 10.1. The maximum absolute atomic E-state index is 13.3. The van der Waals surface area contributed by atoms with E-state index in [4.69, 9.17) is 9.47 Å². The van der Waals surface area contributed by atoms with Crippen LogP contribution in [0.15, 0.2) is 83.8 Å². The molecule has 0 radical (unpaired) electrons. The number of carbonyl (C=O) groups is 1. The van der Waals surface area contributed by atoms with Gasteiger partial charge in [0.15, 0.2) is 0 Å². The summed E-state index contributed by atoms with van der Waals surface area (Å²) < 4.78 is 38.4. The zero-order valence-corrected chi connectivity index (χ0v) is 18.8. The molecule has 1 N–H and O–H groups in total. The van der Waals surface area contributed by atoms with Crippen molar-refractivity contribution in [3.05, 3.63) is 84.4 Å². The highest BCUT2D eigenvalue weighted by molar-refractivity contribution is 7.92. The van der Waals surface area contributed by atoms with Gasteiger partial charge in [-0.25, -0.2) is 8.42 Å². The summed E-state index contributed by atoms with van der Waals surface area (Å²) in [5.41, 5.74) is 1.21. The largest absolute Gasteiger partial charge is 0.497 e. The lowest BCUT2D eigenvalue weighted by Crippen LogP contribution is -2.40. The van der Waals surface area contributed by atoms with Crippen molar-refractivity contribution < 1.29 is 22.7 Å². The molecule has 0 aliphatic carbocycles. The molecule has 32 heavy (non-hydrogen) atoms. The first kappa shape index (κ1) is 23.1. The summed E-state index contributed by atoms with van der Waals surface area (Å²) in [4.78, 5) is 12.8. The Balaban J connectivity index is 1.79. The maximum Gasteiger partial charge on any atom is 0.264 e. The van der Waals surface area contributed by atoms with Gasteiger partial charge < -0.3 is 14.8 Å². The molecule has 3 rings (SSSR count). The van der Waals surface area contributed by atoms with E-state index in [0.717, 1.165) is 15.6 Å². The smallest absolute Gasteiger partial charge is 0.264 e. The van der Waals surface area contributed by atoms with Crippen LogP contribution in [0, 0.1) is 0 Å². The number of hydrogen-bond acceptors (Lipinski definition) is 5. The molecule has 0 saturated carbocycles. The van der Waals surface area contributed by atoms with Crippen LogP contribution in [-0.4, -0.2) is 34.6 Å². The molecule has 0 saturated heterocycles. The zero-order chi connectivity index (χ0) is 23.0. The van der Waals surface area contributed by atoms with Gasteiger partial charge in [-0.05, 0) is 48.9 Å². The van der Waals surface area contributed by atoms with Crippen LogP contribution >= 0.6 is 0 Å². The number of methoxy groups -OCH3 is 1. The third-order valence-electron chi connectivity index (χ3n) is 4.68. The highest BCUT2D eigenvalue weighted by Gasteiger charge is 2.27. The fourth-order valence-corrected chi connectivity index (χ4v) is 4.49. The summed E-state index contributed by atoms with van der Waals surface area (Å²) in [5.74, 6) is 0.812. The number of anilines is 1. The van der Waals surface area contributed by atoms with Crippen LogP contribution in [0.2, 0.25) is 0 Å². The number of carbonyl (C=O) groups excluding carboxylic acids is 1. The van der Waals surface area contributed by atoms with Gasteiger partial charge in [-0.15, -0.1) is 0 Å². The highest BCUT2D eigenvalue weighted by Crippen LogP contribution is 2.26. The van der Waals surface area contributed by atoms with Gasteiger partial charge in [0.1, 0.15) is 18.0 Å². The summed E-state index contributed by atoms with van der Waals surface area (Å²) in [5, 5.41) is 2.79. The number of benzene rings is 3. The van der Waals surface area contributed by atoms with Gasteiger partial charge in [0.05, 0.1) is 24.3 Å². The molecule has 3 aromatic rings. The summed E-state index contributed by atoms with van der Waals surface area (Å²) >= 11 is 0. The average Bonchev–Trinajstić information content (AvgIpc) is 2.82. The first-order valence-corrected chi connectivity index (χ1v) is 11.6. The molecule has 0 unspecified atom stereocenters. The molecule has 0 fully saturated rings. The van der Waals surface area contributed by atoms with Crippen molar-refractivity contribution in [3.8, 4) is 11.5 Å². The Morgan fingerprint density at radius 2 is 1.66 bits per heavy atom. The Morgan fingerprint density at radius 3 is 2.31 bits per heavy atom. The lowest BCUT2D eigenvalue weighted by molar-refractivity contribution is -0.119. The van der Waals surface area contributed by atoms with Crippen LogP contribution in [0.5, 0.6) is 11.5 Å². The molecule has 8 heteroatoms. The van der Waals surface area contributed by atoms with Crippen LogP contribution in [0.1, 0.15) is 12.5 Å². The molecule has 0 atom stereocenters. The molecule has 1 amide bonds. The van der Waals surface area contributed by atoms with Crippen molar-refractivity contribution in [2.75, 3.05) is 24.6 Å². The SMILES string of the molecule is CCOc1ccc(CNC(=O)CN(c2cccc(OC)c2)S(=O)(=O)c2ccccc2)cc1. The fourth-order valence-electron chi connectivity index (χ4n) is 3.06. The molecule has 0 aliphatic heterocycles. The molecule has 7 nitrogen and oxygen atoms in total. The number of rotatable bonds is 10. The average molecular weight is 455 g/mol. The van der Waals surface area contributed by atoms with Gasteiger partial charge in [-0.1, -0.05) is 36.4 Å². The van der Waals surface area contributed by atoms with Crippen molar-refractivity contribution in [1.29, 1.82) is 0 Å². The molecule has 0 aliphatic rings. The number of nitrogens with one attached hydrogen (secondary N) is 1. The monoisotopic (exact) mass is 454 g/mol. The number of hydrogen-bond donors (Lipinski definition) is 1. The van der Waals surface area contributed by atoms with E-state index in [0.29, 0.717) is 18.0 Å². The van der Waals surface area contributed by atoms with Crippen LogP contribution in [-0.2, 0) is 21.4 Å². The van der Waals surface area contributed by atoms with Crippen LogP contribution in [0.25, 0.3) is 0 Å². The second-order valence-corrected chi connectivity index (χ2v) is 8.74. The van der Waals surface area contributed by atoms with E-state index in [2.05, 4.69) is 5.32 Å². The van der Waals surface area contributed by atoms with E-state index < -0.39 is 15.9 Å². The molecular formula is C24H26N2O5S. The van der Waals surface area contributed by atoms with Crippen molar-refractivity contribution >= 4 is 21.6 Å². The lowest BCUT2D eigenvalue weighted by atomic mass is 10.2. The first-order chi connectivity index (χ1) is 15.4. The topological polar surface area (TPSA) is 84.9 Å². The van der Waals surface area contributed by atoms with E-state index >= 15 is 0 Å². The van der Waals surface area contributed by atoms with E-state index in [9.17, 15) is 13.2 Å². The standard InChI is InChI=1S/C24H26N2O5S/c1-3-31-21-14-12-19(13-15-21)17-25-24(27)18-26(20-8-7-9-22(16-20)30-2)32(28,29)23-10-5-4-6-11-23/h4-16H,3,17-18H2,1-2H3,(H,25,27). The second kappa shape index (κ2) is 10.7. The maximum atomic E-state index is 13.3. The lowest BCUT2D eigenvalue weighted by Gasteiger charge is -2.24. The normalized spacial score (nSPS) is 10.9. The van der Waals surface area contributed by atoms with Crippen LogP contribution in [0.4, 0.5) is 5.69 Å². The molecule has 0 bridgehead atoms. The van der Waals surface area contributed by atoms with E-state index in [1.54, 1.807) is 42.5 Å². The van der Waals surface area contributed by atoms with Crippen LogP contribution < -0.4 is 19.1 Å². The van der Waals surface area contributed by atoms with Gasteiger partial charge in [-0.3, -0.25) is 9.10 Å². The van der Waals surface area contributed by atoms with Gasteiger partial charge in [0, 0.05) is 12.6 Å². The fraction of sp³-hybridized carbons (Fsp3) is 0.208. The number of ether oxygens (including phenoxy) is 2. The van der Waals surface area contributed by atoms with Gasteiger partial charge >= 0.3 is 0 Å². The molecule has 168 valence electrons. The van der Waals surface area contributed by atoms with E-state index in [1.807, 2.05) is 31.2 Å². The zero-order valence-electron chi connectivity index (χ0n) is 18.0. The molecule has 0 aromatic heterocycles. The molecular weight excluding hydrogens is 428 g/mol. The predicted octanol–water partition coefficient (Wildman–Crippen LogP) is 3.61. The predicted molar refractivity (Wildman–Crippen MR) is 123 cm³/mol. The van der Waals surface area contributed by atoms with Crippen molar-refractivity contribution in [1.82, 2.24) is 5.32 Å². The minimum absolute atomic E-state index is 0.0992. The molecule has 0 spiro atoms. The van der Waals surface area contributed by atoms with Gasteiger partial charge in [0.25, 0.3) is 10.0 Å². The second-order valence-electron chi connectivity index (χ2n) is 6.88. The van der Waals surface area contributed by atoms with E-state index in [-0.39, 0.29) is 18.0 Å². The number of nitrogens with zero attached hydrogens (tertiary/aromatic N) is 1. The van der Waals surface area contributed by atoms with Gasteiger partial charge in [0.2, 0.25) is 5.91 Å². The van der Waals surface area contributed by atoms with Crippen molar-refractivity contribution in [2.45, 2.75) is 18.4 Å². The Bertz CT molecular complexity index is 1130. The Labute approximate surface area is 188 Å². The summed E-state index contributed by atoms with van der Waals surface area (Å²) in [6.07, 6.45) is 0.